The fraction of sp³-hybridized carbons (Fsp3) is 0.188. The standard InChI is InChI=1S/C16H12F4O2/c17-15(18)12(16(19)20)10-7-4-8-11(14(10)22)13(21)9-5-2-1-3-6-9/h1-8,12,15-16,22H. The Hall–Kier alpha value is -2.37. The van der Waals surface area contributed by atoms with Crippen LogP contribution in [0.25, 0.3) is 0 Å². The van der Waals surface area contributed by atoms with Crippen molar-refractivity contribution in [2.45, 2.75) is 18.8 Å². The Morgan fingerprint density at radius 1 is 0.864 bits per heavy atom. The number of carbonyl (C=O) groups excluding carboxylic acids is 1. The summed E-state index contributed by atoms with van der Waals surface area (Å²) in [7, 11) is 0. The molecule has 0 bridgehead atoms. The molecule has 1 N–H and O–H groups in total. The van der Waals surface area contributed by atoms with Crippen LogP contribution in [-0.4, -0.2) is 23.7 Å². The highest BCUT2D eigenvalue weighted by atomic mass is 19.3. The van der Waals surface area contributed by atoms with Crippen LogP contribution in [0, 0.1) is 0 Å². The number of para-hydroxylation sites is 1. The molecule has 0 atom stereocenters. The second kappa shape index (κ2) is 6.60. The van der Waals surface area contributed by atoms with Crippen molar-refractivity contribution in [1.29, 1.82) is 0 Å². The Morgan fingerprint density at radius 3 is 2.00 bits per heavy atom. The van der Waals surface area contributed by atoms with Crippen LogP contribution in [-0.2, 0) is 0 Å². The van der Waals surface area contributed by atoms with Crippen LogP contribution in [0.5, 0.6) is 5.75 Å². The van der Waals surface area contributed by atoms with E-state index in [-0.39, 0.29) is 11.1 Å². The van der Waals surface area contributed by atoms with Gasteiger partial charge in [0.1, 0.15) is 11.7 Å². The summed E-state index contributed by atoms with van der Waals surface area (Å²) in [4.78, 5) is 12.2. The molecule has 0 aliphatic carbocycles. The topological polar surface area (TPSA) is 37.3 Å². The van der Waals surface area contributed by atoms with Gasteiger partial charge in [0.2, 0.25) is 0 Å². The highest BCUT2D eigenvalue weighted by molar-refractivity contribution is 6.10. The first-order chi connectivity index (χ1) is 10.4. The van der Waals surface area contributed by atoms with Crippen molar-refractivity contribution in [2.75, 3.05) is 0 Å². The zero-order valence-corrected chi connectivity index (χ0v) is 11.2. The smallest absolute Gasteiger partial charge is 0.251 e. The highest BCUT2D eigenvalue weighted by Crippen LogP contribution is 2.37. The van der Waals surface area contributed by atoms with E-state index in [4.69, 9.17) is 0 Å². The molecule has 0 spiro atoms. The van der Waals surface area contributed by atoms with Crippen LogP contribution >= 0.6 is 0 Å². The third-order valence-electron chi connectivity index (χ3n) is 3.25. The molecular formula is C16H12F4O2. The van der Waals surface area contributed by atoms with Gasteiger partial charge in [-0.15, -0.1) is 0 Å². The molecule has 0 amide bonds. The number of rotatable bonds is 5. The first-order valence-electron chi connectivity index (χ1n) is 6.41. The third kappa shape index (κ3) is 3.10. The van der Waals surface area contributed by atoms with Gasteiger partial charge in [0.05, 0.1) is 5.56 Å². The highest BCUT2D eigenvalue weighted by Gasteiger charge is 2.34. The van der Waals surface area contributed by atoms with Gasteiger partial charge in [-0.25, -0.2) is 17.6 Å². The van der Waals surface area contributed by atoms with Gasteiger partial charge in [-0.1, -0.05) is 42.5 Å². The molecule has 2 aromatic rings. The molecule has 6 heteroatoms. The van der Waals surface area contributed by atoms with E-state index in [0.717, 1.165) is 6.07 Å². The number of alkyl halides is 4. The molecule has 0 fully saturated rings. The van der Waals surface area contributed by atoms with Crippen molar-refractivity contribution in [2.24, 2.45) is 0 Å². The number of benzene rings is 2. The van der Waals surface area contributed by atoms with Crippen molar-refractivity contribution in [3.05, 3.63) is 65.2 Å². The van der Waals surface area contributed by atoms with Crippen LogP contribution in [0.2, 0.25) is 0 Å². The number of hydrogen-bond acceptors (Lipinski definition) is 2. The second-order valence-electron chi connectivity index (χ2n) is 4.63. The molecule has 22 heavy (non-hydrogen) atoms. The van der Waals surface area contributed by atoms with E-state index in [2.05, 4.69) is 0 Å². The van der Waals surface area contributed by atoms with Gasteiger partial charge in [-0.05, 0) is 6.07 Å². The molecule has 2 rings (SSSR count). The van der Waals surface area contributed by atoms with Crippen LogP contribution in [0.1, 0.15) is 27.4 Å². The van der Waals surface area contributed by atoms with Crippen LogP contribution in [0.3, 0.4) is 0 Å². The van der Waals surface area contributed by atoms with E-state index < -0.39 is 35.9 Å². The first kappa shape index (κ1) is 16.0. The van der Waals surface area contributed by atoms with Gasteiger partial charge < -0.3 is 5.11 Å². The predicted octanol–water partition coefficient (Wildman–Crippen LogP) is 4.24. The second-order valence-corrected chi connectivity index (χ2v) is 4.63. The number of hydrogen-bond donors (Lipinski definition) is 1. The molecule has 0 heterocycles. The molecule has 2 aromatic carbocycles. The van der Waals surface area contributed by atoms with E-state index >= 15 is 0 Å². The summed E-state index contributed by atoms with van der Waals surface area (Å²) >= 11 is 0. The number of ketones is 1. The van der Waals surface area contributed by atoms with Gasteiger partial charge >= 0.3 is 0 Å². The summed E-state index contributed by atoms with van der Waals surface area (Å²) in [6.07, 6.45) is -6.71. The van der Waals surface area contributed by atoms with Crippen molar-refractivity contribution in [3.63, 3.8) is 0 Å². The van der Waals surface area contributed by atoms with E-state index in [1.807, 2.05) is 0 Å². The maximum atomic E-state index is 12.8. The lowest BCUT2D eigenvalue weighted by Gasteiger charge is -2.18. The summed E-state index contributed by atoms with van der Waals surface area (Å²) in [6.45, 7) is 0. The lowest BCUT2D eigenvalue weighted by atomic mass is 9.93. The molecule has 0 saturated heterocycles. The Morgan fingerprint density at radius 2 is 1.45 bits per heavy atom. The van der Waals surface area contributed by atoms with Crippen molar-refractivity contribution in [1.82, 2.24) is 0 Å². The predicted molar refractivity (Wildman–Crippen MR) is 72.7 cm³/mol. The molecule has 0 unspecified atom stereocenters. The Kier molecular flexibility index (Phi) is 4.80. The van der Waals surface area contributed by atoms with Gasteiger partial charge in [-0.2, -0.15) is 0 Å². The van der Waals surface area contributed by atoms with E-state index in [1.165, 1.54) is 24.3 Å². The number of aromatic hydroxyl groups is 1. The number of halogens is 4. The van der Waals surface area contributed by atoms with Gasteiger partial charge in [0.25, 0.3) is 12.9 Å². The Bertz CT molecular complexity index is 648. The lowest BCUT2D eigenvalue weighted by molar-refractivity contribution is 0.0136. The number of phenols is 1. The summed E-state index contributed by atoms with van der Waals surface area (Å²) in [5.41, 5.74) is -0.692. The Balaban J connectivity index is 2.48. The van der Waals surface area contributed by atoms with Crippen molar-refractivity contribution < 1.29 is 27.5 Å². The average Bonchev–Trinajstić information content (AvgIpc) is 2.49. The summed E-state index contributed by atoms with van der Waals surface area (Å²) in [5, 5.41) is 10.0. The maximum absolute atomic E-state index is 12.8. The van der Waals surface area contributed by atoms with Crippen LogP contribution < -0.4 is 0 Å². The zero-order chi connectivity index (χ0) is 16.3. The molecule has 0 aromatic heterocycles. The monoisotopic (exact) mass is 312 g/mol. The number of phenolic OH excluding ortho intramolecular Hbond substituents is 1. The van der Waals surface area contributed by atoms with Gasteiger partial charge in [0.15, 0.2) is 5.78 Å². The lowest BCUT2D eigenvalue weighted by Crippen LogP contribution is -2.18. The van der Waals surface area contributed by atoms with Crippen molar-refractivity contribution in [3.8, 4) is 5.75 Å². The largest absolute Gasteiger partial charge is 0.507 e. The molecule has 0 aliphatic heterocycles. The molecule has 116 valence electrons. The van der Waals surface area contributed by atoms with Crippen LogP contribution in [0.4, 0.5) is 17.6 Å². The average molecular weight is 312 g/mol. The minimum Gasteiger partial charge on any atom is -0.507 e. The van der Waals surface area contributed by atoms with Gasteiger partial charge in [0, 0.05) is 11.1 Å². The van der Waals surface area contributed by atoms with Gasteiger partial charge in [-0.3, -0.25) is 4.79 Å². The Labute approximate surface area is 124 Å². The molecular weight excluding hydrogens is 300 g/mol. The summed E-state index contributed by atoms with van der Waals surface area (Å²) in [5.74, 6) is -3.90. The molecule has 0 aliphatic rings. The normalized spacial score (nSPS) is 11.4. The molecule has 0 radical (unpaired) electrons. The minimum atomic E-state index is -3.35. The van der Waals surface area contributed by atoms with E-state index in [9.17, 15) is 27.5 Å². The molecule has 0 saturated carbocycles. The number of carbonyl (C=O) groups is 1. The molecule has 2 nitrogen and oxygen atoms in total. The quantitative estimate of drug-likeness (QED) is 0.662. The third-order valence-corrected chi connectivity index (χ3v) is 3.25. The summed E-state index contributed by atoms with van der Waals surface area (Å²) < 4.78 is 51.2. The van der Waals surface area contributed by atoms with E-state index in [1.54, 1.807) is 18.2 Å². The van der Waals surface area contributed by atoms with Crippen molar-refractivity contribution >= 4 is 5.78 Å². The summed E-state index contributed by atoms with van der Waals surface area (Å²) in [6, 6.07) is 11.2. The fourth-order valence-electron chi connectivity index (χ4n) is 2.14. The van der Waals surface area contributed by atoms with E-state index in [0.29, 0.717) is 0 Å². The minimum absolute atomic E-state index is 0.223. The SMILES string of the molecule is O=C(c1ccccc1)c1cccc(C(C(F)F)C(F)F)c1O. The van der Waals surface area contributed by atoms with Crippen LogP contribution in [0.15, 0.2) is 48.5 Å². The fourth-order valence-corrected chi connectivity index (χ4v) is 2.14. The zero-order valence-electron chi connectivity index (χ0n) is 11.2. The first-order valence-corrected chi connectivity index (χ1v) is 6.41. The maximum Gasteiger partial charge on any atom is 0.251 e.